The van der Waals surface area contributed by atoms with Gasteiger partial charge in [-0.3, -0.25) is 4.79 Å². The molecule has 86 valence electrons. The molecule has 0 unspecified atom stereocenters. The molecule has 5 heteroatoms. The standard InChI is InChI=1S/C11H12F2N2O/c1-8-2-4-14-10(9(8)6-16)15-5-3-11(12,13)7-15/h2,4,6H,3,5,7H2,1H3. The largest absolute Gasteiger partial charge is 0.350 e. The number of carbonyl (C=O) groups is 1. The number of rotatable bonds is 2. The van der Waals surface area contributed by atoms with E-state index in [2.05, 4.69) is 4.98 Å². The average Bonchev–Trinajstić information content (AvgIpc) is 2.58. The minimum atomic E-state index is -2.68. The predicted molar refractivity (Wildman–Crippen MR) is 56.1 cm³/mol. The van der Waals surface area contributed by atoms with Crippen molar-refractivity contribution < 1.29 is 13.6 Å². The summed E-state index contributed by atoms with van der Waals surface area (Å²) in [7, 11) is 0. The first-order valence-electron chi connectivity index (χ1n) is 5.07. The Bertz CT molecular complexity index is 420. The Morgan fingerprint density at radius 3 is 2.88 bits per heavy atom. The second kappa shape index (κ2) is 3.81. The van der Waals surface area contributed by atoms with Gasteiger partial charge in [0.2, 0.25) is 0 Å². The summed E-state index contributed by atoms with van der Waals surface area (Å²) in [6, 6.07) is 1.70. The number of aromatic nitrogens is 1. The molecule has 0 amide bonds. The first-order chi connectivity index (χ1) is 7.53. The molecule has 1 aliphatic rings. The summed E-state index contributed by atoms with van der Waals surface area (Å²) in [5.74, 6) is -2.31. The average molecular weight is 226 g/mol. The molecular formula is C11H12F2N2O. The van der Waals surface area contributed by atoms with Crippen molar-refractivity contribution in [1.82, 2.24) is 4.98 Å². The molecule has 0 spiro atoms. The molecule has 1 aromatic rings. The summed E-state index contributed by atoms with van der Waals surface area (Å²) < 4.78 is 26.1. The summed E-state index contributed by atoms with van der Waals surface area (Å²) in [4.78, 5) is 16.4. The minimum absolute atomic E-state index is 0.180. The lowest BCUT2D eigenvalue weighted by atomic mass is 10.1. The van der Waals surface area contributed by atoms with Crippen LogP contribution in [0.5, 0.6) is 0 Å². The van der Waals surface area contributed by atoms with Crippen LogP contribution in [0.3, 0.4) is 0 Å². The van der Waals surface area contributed by atoms with Crippen LogP contribution in [0.4, 0.5) is 14.6 Å². The third kappa shape index (κ3) is 1.89. The van der Waals surface area contributed by atoms with E-state index in [0.29, 0.717) is 17.7 Å². The van der Waals surface area contributed by atoms with Gasteiger partial charge in [0.25, 0.3) is 5.92 Å². The molecule has 16 heavy (non-hydrogen) atoms. The zero-order valence-corrected chi connectivity index (χ0v) is 8.91. The van der Waals surface area contributed by atoms with E-state index >= 15 is 0 Å². The fourth-order valence-corrected chi connectivity index (χ4v) is 1.87. The zero-order chi connectivity index (χ0) is 11.8. The maximum absolute atomic E-state index is 13.1. The second-order valence-corrected chi connectivity index (χ2v) is 4.01. The van der Waals surface area contributed by atoms with E-state index in [1.807, 2.05) is 0 Å². The van der Waals surface area contributed by atoms with Crippen molar-refractivity contribution in [2.45, 2.75) is 19.3 Å². The zero-order valence-electron chi connectivity index (χ0n) is 8.91. The van der Waals surface area contributed by atoms with Crippen molar-refractivity contribution in [2.75, 3.05) is 18.0 Å². The highest BCUT2D eigenvalue weighted by molar-refractivity contribution is 5.85. The SMILES string of the molecule is Cc1ccnc(N2CCC(F)(F)C2)c1C=O. The number of hydrogen-bond donors (Lipinski definition) is 0. The number of halogens is 2. The van der Waals surface area contributed by atoms with Gasteiger partial charge in [-0.15, -0.1) is 0 Å². The van der Waals surface area contributed by atoms with Gasteiger partial charge in [-0.1, -0.05) is 0 Å². The van der Waals surface area contributed by atoms with Gasteiger partial charge in [0.1, 0.15) is 5.82 Å². The van der Waals surface area contributed by atoms with Gasteiger partial charge < -0.3 is 4.90 Å². The Labute approximate surface area is 92.1 Å². The maximum Gasteiger partial charge on any atom is 0.266 e. The Balaban J connectivity index is 2.35. The highest BCUT2D eigenvalue weighted by Gasteiger charge is 2.39. The lowest BCUT2D eigenvalue weighted by molar-refractivity contribution is 0.0256. The van der Waals surface area contributed by atoms with E-state index in [1.165, 1.54) is 11.1 Å². The minimum Gasteiger partial charge on any atom is -0.350 e. The van der Waals surface area contributed by atoms with Crippen LogP contribution in [0.25, 0.3) is 0 Å². The number of pyridine rings is 1. The van der Waals surface area contributed by atoms with Crippen LogP contribution in [-0.2, 0) is 0 Å². The maximum atomic E-state index is 13.1. The smallest absolute Gasteiger partial charge is 0.266 e. The van der Waals surface area contributed by atoms with Gasteiger partial charge in [0.05, 0.1) is 12.1 Å². The van der Waals surface area contributed by atoms with Gasteiger partial charge in [-0.2, -0.15) is 0 Å². The highest BCUT2D eigenvalue weighted by Crippen LogP contribution is 2.31. The molecule has 0 aromatic carbocycles. The number of carbonyl (C=O) groups excluding carboxylic acids is 1. The number of nitrogens with zero attached hydrogens (tertiary/aromatic N) is 2. The van der Waals surface area contributed by atoms with Crippen LogP contribution in [0.15, 0.2) is 12.3 Å². The van der Waals surface area contributed by atoms with Crippen molar-refractivity contribution in [3.63, 3.8) is 0 Å². The van der Waals surface area contributed by atoms with Crippen molar-refractivity contribution in [3.8, 4) is 0 Å². The predicted octanol–water partition coefficient (Wildman–Crippen LogP) is 2.05. The molecule has 3 nitrogen and oxygen atoms in total. The molecule has 0 bridgehead atoms. The van der Waals surface area contributed by atoms with Crippen molar-refractivity contribution >= 4 is 12.1 Å². The fourth-order valence-electron chi connectivity index (χ4n) is 1.87. The Kier molecular flexibility index (Phi) is 2.61. The van der Waals surface area contributed by atoms with Crippen LogP contribution in [0.2, 0.25) is 0 Å². The first kappa shape index (κ1) is 11.0. The highest BCUT2D eigenvalue weighted by atomic mass is 19.3. The molecule has 2 heterocycles. The first-order valence-corrected chi connectivity index (χ1v) is 5.07. The summed E-state index contributed by atoms with van der Waals surface area (Å²) in [5.41, 5.74) is 1.16. The van der Waals surface area contributed by atoms with Crippen LogP contribution < -0.4 is 4.90 Å². The Hall–Kier alpha value is -1.52. The van der Waals surface area contributed by atoms with Crippen molar-refractivity contribution in [3.05, 3.63) is 23.4 Å². The van der Waals surface area contributed by atoms with E-state index in [1.54, 1.807) is 13.0 Å². The number of alkyl halides is 2. The number of hydrogen-bond acceptors (Lipinski definition) is 3. The van der Waals surface area contributed by atoms with Crippen LogP contribution in [-0.4, -0.2) is 30.3 Å². The van der Waals surface area contributed by atoms with E-state index in [4.69, 9.17) is 0 Å². The molecule has 0 aliphatic carbocycles. The molecule has 2 rings (SSSR count). The van der Waals surface area contributed by atoms with Crippen molar-refractivity contribution in [1.29, 1.82) is 0 Å². The van der Waals surface area contributed by atoms with Gasteiger partial charge in [-0.25, -0.2) is 13.8 Å². The third-order valence-electron chi connectivity index (χ3n) is 2.77. The topological polar surface area (TPSA) is 33.2 Å². The van der Waals surface area contributed by atoms with Crippen molar-refractivity contribution in [2.24, 2.45) is 0 Å². The molecule has 1 aromatic heterocycles. The summed E-state index contributed by atoms with van der Waals surface area (Å²) in [5, 5.41) is 0. The monoisotopic (exact) mass is 226 g/mol. The van der Waals surface area contributed by atoms with E-state index in [9.17, 15) is 13.6 Å². The summed E-state index contributed by atoms with van der Waals surface area (Å²) in [6.07, 6.45) is 2.03. The van der Waals surface area contributed by atoms with E-state index < -0.39 is 5.92 Å². The van der Waals surface area contributed by atoms with Crippen LogP contribution >= 0.6 is 0 Å². The summed E-state index contributed by atoms with van der Waals surface area (Å²) >= 11 is 0. The van der Waals surface area contributed by atoms with Crippen LogP contribution in [0.1, 0.15) is 22.3 Å². The molecule has 0 atom stereocenters. The van der Waals surface area contributed by atoms with E-state index in [0.717, 1.165) is 5.56 Å². The van der Waals surface area contributed by atoms with Crippen LogP contribution in [0, 0.1) is 6.92 Å². The quantitative estimate of drug-likeness (QED) is 0.723. The summed E-state index contributed by atoms with van der Waals surface area (Å²) in [6.45, 7) is 1.65. The molecule has 0 radical (unpaired) electrons. The molecule has 0 saturated carbocycles. The van der Waals surface area contributed by atoms with E-state index in [-0.39, 0.29) is 19.5 Å². The molecule has 1 aliphatic heterocycles. The molecule has 1 fully saturated rings. The molecule has 1 saturated heterocycles. The van der Waals surface area contributed by atoms with Gasteiger partial charge in [0, 0.05) is 19.2 Å². The fraction of sp³-hybridized carbons (Fsp3) is 0.455. The van der Waals surface area contributed by atoms with Gasteiger partial charge >= 0.3 is 0 Å². The Morgan fingerprint density at radius 2 is 2.31 bits per heavy atom. The third-order valence-corrected chi connectivity index (χ3v) is 2.77. The van der Waals surface area contributed by atoms with Gasteiger partial charge in [-0.05, 0) is 18.6 Å². The van der Waals surface area contributed by atoms with Gasteiger partial charge in [0.15, 0.2) is 6.29 Å². The second-order valence-electron chi connectivity index (χ2n) is 4.01. The lowest BCUT2D eigenvalue weighted by Crippen LogP contribution is -2.26. The number of aldehydes is 1. The Morgan fingerprint density at radius 1 is 1.56 bits per heavy atom. The molecular weight excluding hydrogens is 214 g/mol. The number of anilines is 1. The lowest BCUT2D eigenvalue weighted by Gasteiger charge is -2.19. The molecule has 0 N–H and O–H groups in total. The number of aryl methyl sites for hydroxylation is 1. The normalized spacial score (nSPS) is 18.8.